The van der Waals surface area contributed by atoms with Gasteiger partial charge < -0.3 is 5.32 Å². The Hall–Kier alpha value is -2.85. The Balaban J connectivity index is 2.38. The normalized spacial score (nSPS) is 10.8. The molecule has 6 nitrogen and oxygen atoms in total. The molecule has 2 rings (SSSR count). The summed E-state index contributed by atoms with van der Waals surface area (Å²) < 4.78 is 27.8. The van der Waals surface area contributed by atoms with Gasteiger partial charge in [-0.15, -0.1) is 0 Å². The predicted molar refractivity (Wildman–Crippen MR) is 92.2 cm³/mol. The average Bonchev–Trinajstić information content (AvgIpc) is 2.45. The summed E-state index contributed by atoms with van der Waals surface area (Å²) in [5, 5.41) is 11.4. The van der Waals surface area contributed by atoms with Gasteiger partial charge in [-0.25, -0.2) is 8.42 Å². The van der Waals surface area contributed by atoms with Gasteiger partial charge in [0.1, 0.15) is 0 Å². The van der Waals surface area contributed by atoms with E-state index in [9.17, 15) is 13.2 Å². The number of hydrogen-bond donors (Lipinski definition) is 2. The van der Waals surface area contributed by atoms with Crippen molar-refractivity contribution in [3.8, 4) is 6.07 Å². The van der Waals surface area contributed by atoms with Crippen molar-refractivity contribution >= 4 is 27.3 Å². The highest BCUT2D eigenvalue weighted by molar-refractivity contribution is 7.92. The monoisotopic (exact) mass is 343 g/mol. The fourth-order valence-electron chi connectivity index (χ4n) is 2.47. The van der Waals surface area contributed by atoms with Crippen molar-refractivity contribution in [3.63, 3.8) is 0 Å². The van der Waals surface area contributed by atoms with Crippen LogP contribution < -0.4 is 10.0 Å². The number of nitrogens with one attached hydrogen (secondary N) is 2. The lowest BCUT2D eigenvalue weighted by atomic mass is 10.1. The number of amides is 1. The second kappa shape index (κ2) is 6.72. The number of nitrogens with zero attached hydrogens (tertiary/aromatic N) is 1. The Kier molecular flexibility index (Phi) is 4.90. The van der Waals surface area contributed by atoms with Gasteiger partial charge >= 0.3 is 0 Å². The number of carbonyl (C=O) groups is 1. The number of carbonyl (C=O) groups excluding carboxylic acids is 1. The van der Waals surface area contributed by atoms with Crippen LogP contribution in [-0.2, 0) is 14.8 Å². The van der Waals surface area contributed by atoms with Crippen LogP contribution in [0.2, 0.25) is 0 Å². The van der Waals surface area contributed by atoms with Crippen LogP contribution in [0.1, 0.15) is 23.6 Å². The predicted octanol–water partition coefficient (Wildman–Crippen LogP) is 2.93. The molecule has 0 saturated carbocycles. The van der Waals surface area contributed by atoms with Crippen LogP contribution in [0, 0.1) is 25.2 Å². The maximum Gasteiger partial charge on any atom is 0.262 e. The summed E-state index contributed by atoms with van der Waals surface area (Å²) in [7, 11) is -3.79. The summed E-state index contributed by atoms with van der Waals surface area (Å²) in [6, 6.07) is 11.3. The van der Waals surface area contributed by atoms with Crippen molar-refractivity contribution in [1.82, 2.24) is 0 Å². The fraction of sp³-hybridized carbons (Fsp3) is 0.176. The third kappa shape index (κ3) is 3.91. The molecule has 24 heavy (non-hydrogen) atoms. The van der Waals surface area contributed by atoms with Crippen molar-refractivity contribution in [2.45, 2.75) is 25.7 Å². The lowest BCUT2D eigenvalue weighted by Gasteiger charge is -2.15. The first kappa shape index (κ1) is 17.5. The zero-order valence-corrected chi connectivity index (χ0v) is 14.4. The molecule has 0 aliphatic heterocycles. The van der Waals surface area contributed by atoms with E-state index in [4.69, 9.17) is 5.26 Å². The third-order valence-electron chi connectivity index (χ3n) is 3.32. The van der Waals surface area contributed by atoms with Gasteiger partial charge in [0.15, 0.2) is 0 Å². The molecule has 2 aromatic carbocycles. The molecule has 7 heteroatoms. The van der Waals surface area contributed by atoms with Gasteiger partial charge in [0.05, 0.1) is 16.5 Å². The summed E-state index contributed by atoms with van der Waals surface area (Å²) in [6.07, 6.45) is 0. The van der Waals surface area contributed by atoms with Crippen LogP contribution in [0.25, 0.3) is 0 Å². The van der Waals surface area contributed by atoms with E-state index in [0.717, 1.165) is 0 Å². The van der Waals surface area contributed by atoms with Gasteiger partial charge in [-0.05, 0) is 61.4 Å². The summed E-state index contributed by atoms with van der Waals surface area (Å²) in [5.41, 5.74) is 2.43. The van der Waals surface area contributed by atoms with Crippen molar-refractivity contribution < 1.29 is 13.2 Å². The molecule has 0 fully saturated rings. The molecule has 0 heterocycles. The molecule has 2 N–H and O–H groups in total. The second-order valence-electron chi connectivity index (χ2n) is 5.42. The molecular weight excluding hydrogens is 326 g/mol. The van der Waals surface area contributed by atoms with Crippen molar-refractivity contribution in [2.75, 3.05) is 10.0 Å². The highest BCUT2D eigenvalue weighted by Crippen LogP contribution is 2.26. The number of aryl methyl sites for hydroxylation is 2. The lowest BCUT2D eigenvalue weighted by molar-refractivity contribution is -0.114. The molecule has 1 amide bonds. The molecule has 0 saturated heterocycles. The molecule has 0 spiro atoms. The number of nitriles is 1. The zero-order valence-electron chi connectivity index (χ0n) is 13.5. The number of sulfonamides is 1. The van der Waals surface area contributed by atoms with Gasteiger partial charge in [-0.3, -0.25) is 9.52 Å². The zero-order chi connectivity index (χ0) is 17.9. The van der Waals surface area contributed by atoms with Crippen LogP contribution >= 0.6 is 0 Å². The number of hydrogen-bond acceptors (Lipinski definition) is 4. The van der Waals surface area contributed by atoms with Crippen LogP contribution in [0.15, 0.2) is 41.3 Å². The Labute approximate surface area is 141 Å². The lowest BCUT2D eigenvalue weighted by Crippen LogP contribution is -2.16. The van der Waals surface area contributed by atoms with E-state index in [1.807, 2.05) is 6.07 Å². The molecule has 0 radical (unpaired) electrons. The quantitative estimate of drug-likeness (QED) is 0.891. The van der Waals surface area contributed by atoms with Crippen molar-refractivity contribution in [2.24, 2.45) is 0 Å². The van der Waals surface area contributed by atoms with E-state index < -0.39 is 10.0 Å². The minimum absolute atomic E-state index is 0.168. The molecule has 2 aromatic rings. The minimum atomic E-state index is -3.79. The van der Waals surface area contributed by atoms with Gasteiger partial charge in [0.2, 0.25) is 5.91 Å². The van der Waals surface area contributed by atoms with Crippen LogP contribution in [0.4, 0.5) is 11.4 Å². The van der Waals surface area contributed by atoms with E-state index in [-0.39, 0.29) is 10.8 Å². The van der Waals surface area contributed by atoms with E-state index in [1.54, 1.807) is 26.0 Å². The summed E-state index contributed by atoms with van der Waals surface area (Å²) in [4.78, 5) is 11.3. The Morgan fingerprint density at radius 3 is 2.04 bits per heavy atom. The van der Waals surface area contributed by atoms with Crippen LogP contribution in [-0.4, -0.2) is 14.3 Å². The van der Waals surface area contributed by atoms with E-state index in [1.165, 1.54) is 31.2 Å². The highest BCUT2D eigenvalue weighted by atomic mass is 32.2. The number of anilines is 2. The molecule has 0 atom stereocenters. The van der Waals surface area contributed by atoms with Gasteiger partial charge in [-0.2, -0.15) is 5.26 Å². The number of rotatable bonds is 4. The highest BCUT2D eigenvalue weighted by Gasteiger charge is 2.20. The molecule has 0 unspecified atom stereocenters. The molecule has 0 aromatic heterocycles. The molecule has 0 bridgehead atoms. The largest absolute Gasteiger partial charge is 0.326 e. The van der Waals surface area contributed by atoms with Gasteiger partial charge in [0, 0.05) is 18.3 Å². The third-order valence-corrected chi connectivity index (χ3v) is 5.00. The first-order valence-corrected chi connectivity index (χ1v) is 8.63. The van der Waals surface area contributed by atoms with Gasteiger partial charge in [-0.1, -0.05) is 0 Å². The smallest absolute Gasteiger partial charge is 0.262 e. The summed E-state index contributed by atoms with van der Waals surface area (Å²) in [6.45, 7) is 4.74. The Morgan fingerprint density at radius 1 is 1.04 bits per heavy atom. The molecular formula is C17H17N3O3S. The standard InChI is InChI=1S/C17H17N3O3S/c1-11-8-16(19-13(3)21)9-12(2)17(11)24(22,23)20-15-6-4-14(10-18)5-7-15/h4-9,20H,1-3H3,(H,19,21). The second-order valence-corrected chi connectivity index (χ2v) is 7.03. The number of benzene rings is 2. The molecule has 124 valence electrons. The van der Waals surface area contributed by atoms with Crippen molar-refractivity contribution in [3.05, 3.63) is 53.1 Å². The van der Waals surface area contributed by atoms with E-state index in [2.05, 4.69) is 10.0 Å². The maximum atomic E-state index is 12.7. The van der Waals surface area contributed by atoms with E-state index in [0.29, 0.717) is 28.1 Å². The first-order chi connectivity index (χ1) is 11.2. The van der Waals surface area contributed by atoms with Crippen LogP contribution in [0.5, 0.6) is 0 Å². The van der Waals surface area contributed by atoms with Gasteiger partial charge in [0.25, 0.3) is 10.0 Å². The average molecular weight is 343 g/mol. The maximum absolute atomic E-state index is 12.7. The Bertz CT molecular complexity index is 904. The Morgan fingerprint density at radius 2 is 1.58 bits per heavy atom. The minimum Gasteiger partial charge on any atom is -0.326 e. The molecule has 0 aliphatic carbocycles. The summed E-state index contributed by atoms with van der Waals surface area (Å²) >= 11 is 0. The fourth-order valence-corrected chi connectivity index (χ4v) is 3.98. The first-order valence-electron chi connectivity index (χ1n) is 7.15. The van der Waals surface area contributed by atoms with Crippen molar-refractivity contribution in [1.29, 1.82) is 5.26 Å². The van der Waals surface area contributed by atoms with Crippen LogP contribution in [0.3, 0.4) is 0 Å². The molecule has 0 aliphatic rings. The SMILES string of the molecule is CC(=O)Nc1cc(C)c(S(=O)(=O)Nc2ccc(C#N)cc2)c(C)c1. The summed E-state index contributed by atoms with van der Waals surface area (Å²) in [5.74, 6) is -0.222. The van der Waals surface area contributed by atoms with E-state index >= 15 is 0 Å². The topological polar surface area (TPSA) is 99.1 Å².